The predicted octanol–water partition coefficient (Wildman–Crippen LogP) is 3.91. The number of ether oxygens (including phenoxy) is 1. The van der Waals surface area contributed by atoms with Gasteiger partial charge in [-0.2, -0.15) is 0 Å². The van der Waals surface area contributed by atoms with Gasteiger partial charge in [-0.25, -0.2) is 4.79 Å². The summed E-state index contributed by atoms with van der Waals surface area (Å²) in [5, 5.41) is 6.48. The lowest BCUT2D eigenvalue weighted by Crippen LogP contribution is -2.52. The highest BCUT2D eigenvalue weighted by Gasteiger charge is 2.30. The van der Waals surface area contributed by atoms with Gasteiger partial charge in [-0.05, 0) is 43.9 Å². The first-order valence-electron chi connectivity index (χ1n) is 8.36. The maximum Gasteiger partial charge on any atom is 0.407 e. The first-order valence-corrected chi connectivity index (χ1v) is 9.18. The van der Waals surface area contributed by atoms with Gasteiger partial charge in [0.1, 0.15) is 6.61 Å². The van der Waals surface area contributed by atoms with E-state index in [2.05, 4.69) is 30.5 Å². The largest absolute Gasteiger partial charge is 0.445 e. The van der Waals surface area contributed by atoms with E-state index in [-0.39, 0.29) is 12.1 Å². The number of rotatable bonds is 6. The van der Waals surface area contributed by atoms with Crippen molar-refractivity contribution in [3.8, 4) is 0 Å². The molecule has 3 rings (SSSR count). The van der Waals surface area contributed by atoms with Crippen molar-refractivity contribution in [2.75, 3.05) is 0 Å². The van der Waals surface area contributed by atoms with Crippen LogP contribution in [0, 0.1) is 13.8 Å². The smallest absolute Gasteiger partial charge is 0.407 e. The summed E-state index contributed by atoms with van der Waals surface area (Å²) in [6.45, 7) is 5.54. The quantitative estimate of drug-likeness (QED) is 0.835. The number of benzene rings is 1. The third-order valence-electron chi connectivity index (χ3n) is 4.45. The van der Waals surface area contributed by atoms with E-state index in [1.54, 1.807) is 0 Å². The number of hydrogen-bond acceptors (Lipinski definition) is 4. The van der Waals surface area contributed by atoms with Gasteiger partial charge in [0, 0.05) is 28.4 Å². The fourth-order valence-electron chi connectivity index (χ4n) is 2.82. The summed E-state index contributed by atoms with van der Waals surface area (Å²) in [7, 11) is 0. The molecule has 1 aliphatic rings. The molecule has 24 heavy (non-hydrogen) atoms. The number of aryl methyl sites for hydroxylation is 2. The summed E-state index contributed by atoms with van der Waals surface area (Å²) >= 11 is 1.85. The molecule has 1 aliphatic carbocycles. The summed E-state index contributed by atoms with van der Waals surface area (Å²) < 4.78 is 5.25. The zero-order valence-corrected chi connectivity index (χ0v) is 15.0. The van der Waals surface area contributed by atoms with Gasteiger partial charge >= 0.3 is 6.09 Å². The number of amides is 1. The van der Waals surface area contributed by atoms with Crippen molar-refractivity contribution in [3.05, 3.63) is 57.3 Å². The van der Waals surface area contributed by atoms with Crippen LogP contribution in [0.25, 0.3) is 0 Å². The highest BCUT2D eigenvalue weighted by Crippen LogP contribution is 2.23. The van der Waals surface area contributed by atoms with Crippen LogP contribution < -0.4 is 10.6 Å². The number of nitrogens with one attached hydrogen (secondary N) is 2. The molecular formula is C19H24N2O2S. The van der Waals surface area contributed by atoms with Gasteiger partial charge in [0.25, 0.3) is 0 Å². The van der Waals surface area contributed by atoms with Gasteiger partial charge in [-0.15, -0.1) is 11.3 Å². The minimum atomic E-state index is -0.327. The Kier molecular flexibility index (Phi) is 5.53. The van der Waals surface area contributed by atoms with Crippen molar-refractivity contribution >= 4 is 17.4 Å². The van der Waals surface area contributed by atoms with Crippen molar-refractivity contribution in [1.82, 2.24) is 10.6 Å². The molecule has 5 heteroatoms. The molecule has 0 bridgehead atoms. The highest BCUT2D eigenvalue weighted by atomic mass is 32.1. The van der Waals surface area contributed by atoms with Crippen LogP contribution in [0.3, 0.4) is 0 Å². The summed E-state index contributed by atoms with van der Waals surface area (Å²) in [5.74, 6) is 0. The summed E-state index contributed by atoms with van der Waals surface area (Å²) in [6, 6.07) is 12.7. The number of carbonyl (C=O) groups excluding carboxylic acids is 1. The average Bonchev–Trinajstić information content (AvgIpc) is 2.86. The summed E-state index contributed by atoms with van der Waals surface area (Å²) in [5.41, 5.74) is 2.37. The molecule has 0 atom stereocenters. The van der Waals surface area contributed by atoms with Gasteiger partial charge < -0.3 is 15.4 Å². The Balaban J connectivity index is 1.31. The zero-order chi connectivity index (χ0) is 16.9. The van der Waals surface area contributed by atoms with E-state index < -0.39 is 0 Å². The van der Waals surface area contributed by atoms with Gasteiger partial charge in [-0.1, -0.05) is 30.3 Å². The third kappa shape index (κ3) is 4.58. The topological polar surface area (TPSA) is 50.4 Å². The average molecular weight is 344 g/mol. The molecule has 0 unspecified atom stereocenters. The zero-order valence-electron chi connectivity index (χ0n) is 14.2. The lowest BCUT2D eigenvalue weighted by atomic mass is 9.87. The van der Waals surface area contributed by atoms with Gasteiger partial charge in [0.2, 0.25) is 0 Å². The molecule has 0 aliphatic heterocycles. The van der Waals surface area contributed by atoms with Crippen molar-refractivity contribution in [1.29, 1.82) is 0 Å². The van der Waals surface area contributed by atoms with E-state index in [0.717, 1.165) is 24.9 Å². The molecule has 2 aromatic rings. The first-order chi connectivity index (χ1) is 11.6. The van der Waals surface area contributed by atoms with E-state index in [0.29, 0.717) is 12.6 Å². The minimum absolute atomic E-state index is 0.220. The van der Waals surface area contributed by atoms with Crippen LogP contribution >= 0.6 is 11.3 Å². The van der Waals surface area contributed by atoms with Crippen LogP contribution in [0.5, 0.6) is 0 Å². The second kappa shape index (κ2) is 7.81. The molecule has 0 radical (unpaired) electrons. The minimum Gasteiger partial charge on any atom is -0.445 e. The normalized spacial score (nSPS) is 19.6. The lowest BCUT2D eigenvalue weighted by molar-refractivity contribution is 0.125. The number of carbonyl (C=O) groups is 1. The molecule has 1 aromatic carbocycles. The Hall–Kier alpha value is -1.85. The van der Waals surface area contributed by atoms with Crippen molar-refractivity contribution < 1.29 is 9.53 Å². The fraction of sp³-hybridized carbons (Fsp3) is 0.421. The Bertz CT molecular complexity index is 658. The Labute approximate surface area is 147 Å². The molecule has 1 aromatic heterocycles. The van der Waals surface area contributed by atoms with E-state index in [4.69, 9.17) is 4.74 Å². The third-order valence-corrected chi connectivity index (χ3v) is 5.61. The van der Waals surface area contributed by atoms with Crippen molar-refractivity contribution in [2.45, 2.75) is 51.9 Å². The molecule has 2 N–H and O–H groups in total. The van der Waals surface area contributed by atoms with E-state index in [1.807, 2.05) is 41.7 Å². The predicted molar refractivity (Wildman–Crippen MR) is 97.2 cm³/mol. The Morgan fingerprint density at radius 3 is 2.62 bits per heavy atom. The van der Waals surface area contributed by atoms with Gasteiger partial charge in [0.05, 0.1) is 0 Å². The number of hydrogen-bond donors (Lipinski definition) is 2. The molecule has 0 spiro atoms. The van der Waals surface area contributed by atoms with E-state index >= 15 is 0 Å². The molecule has 1 heterocycles. The van der Waals surface area contributed by atoms with Crippen LogP contribution in [0.4, 0.5) is 4.79 Å². The number of alkyl carbamates (subject to hydrolysis) is 1. The maximum atomic E-state index is 11.8. The fourth-order valence-corrected chi connectivity index (χ4v) is 3.82. The maximum absolute atomic E-state index is 11.8. The molecule has 1 amide bonds. The van der Waals surface area contributed by atoms with Gasteiger partial charge in [0.15, 0.2) is 0 Å². The van der Waals surface area contributed by atoms with Crippen LogP contribution in [-0.2, 0) is 17.9 Å². The molecule has 1 saturated carbocycles. The monoisotopic (exact) mass is 344 g/mol. The lowest BCUT2D eigenvalue weighted by Gasteiger charge is -2.36. The van der Waals surface area contributed by atoms with Crippen LogP contribution in [-0.4, -0.2) is 18.2 Å². The molecular weight excluding hydrogens is 320 g/mol. The van der Waals surface area contributed by atoms with Gasteiger partial charge in [-0.3, -0.25) is 0 Å². The molecule has 1 fully saturated rings. The van der Waals surface area contributed by atoms with Crippen LogP contribution in [0.15, 0.2) is 36.4 Å². The number of thiophene rings is 1. The standard InChI is InChI=1S/C19H24N2O2S/c1-13-8-18(24-14(13)2)11-20-16-9-17(10-16)21-19(22)23-12-15-6-4-3-5-7-15/h3-8,16-17,20H,9-12H2,1-2H3,(H,21,22). The Morgan fingerprint density at radius 2 is 1.96 bits per heavy atom. The van der Waals surface area contributed by atoms with E-state index in [9.17, 15) is 4.79 Å². The van der Waals surface area contributed by atoms with E-state index in [1.165, 1.54) is 15.3 Å². The molecule has 128 valence electrons. The van der Waals surface area contributed by atoms with Crippen molar-refractivity contribution in [3.63, 3.8) is 0 Å². The van der Waals surface area contributed by atoms with Crippen molar-refractivity contribution in [2.24, 2.45) is 0 Å². The van der Waals surface area contributed by atoms with Crippen LogP contribution in [0.2, 0.25) is 0 Å². The summed E-state index contributed by atoms with van der Waals surface area (Å²) in [4.78, 5) is 14.6. The molecule has 0 saturated heterocycles. The second-order valence-corrected chi connectivity index (χ2v) is 7.75. The second-order valence-electron chi connectivity index (χ2n) is 6.40. The first kappa shape index (κ1) is 17.0. The highest BCUT2D eigenvalue weighted by molar-refractivity contribution is 7.12. The Morgan fingerprint density at radius 1 is 1.21 bits per heavy atom. The SMILES string of the molecule is Cc1cc(CNC2CC(NC(=O)OCc3ccccc3)C2)sc1C. The summed E-state index contributed by atoms with van der Waals surface area (Å²) in [6.07, 6.45) is 1.60. The molecule has 4 nitrogen and oxygen atoms in total. The van der Waals surface area contributed by atoms with Crippen LogP contribution in [0.1, 0.15) is 33.7 Å².